The molecule has 4 aromatic rings. The van der Waals surface area contributed by atoms with Crippen LogP contribution in [0.4, 0.5) is 14.5 Å². The summed E-state index contributed by atoms with van der Waals surface area (Å²) >= 11 is 0.667. The number of anilines is 1. The number of nitrogens with one attached hydrogen (secondary N) is 1. The summed E-state index contributed by atoms with van der Waals surface area (Å²) in [5.74, 6) is -2.83. The lowest BCUT2D eigenvalue weighted by molar-refractivity contribution is -0.126. The second kappa shape index (κ2) is 11.0. The Labute approximate surface area is 213 Å². The molecule has 37 heavy (non-hydrogen) atoms. The van der Waals surface area contributed by atoms with Gasteiger partial charge in [-0.3, -0.25) is 14.4 Å². The number of carbonyl (C=O) groups is 3. The predicted octanol–water partition coefficient (Wildman–Crippen LogP) is 3.40. The van der Waals surface area contributed by atoms with Gasteiger partial charge in [-0.15, -0.1) is 0 Å². The van der Waals surface area contributed by atoms with E-state index in [9.17, 15) is 23.2 Å². The van der Waals surface area contributed by atoms with Crippen molar-refractivity contribution in [3.05, 3.63) is 106 Å². The van der Waals surface area contributed by atoms with Crippen LogP contribution in [0.1, 0.15) is 43.1 Å². The predicted molar refractivity (Wildman–Crippen MR) is 131 cm³/mol. The minimum absolute atomic E-state index is 0.0358. The van der Waals surface area contributed by atoms with E-state index in [4.69, 9.17) is 15.9 Å². The molecule has 0 bridgehead atoms. The fourth-order valence-corrected chi connectivity index (χ4v) is 4.38. The van der Waals surface area contributed by atoms with E-state index in [2.05, 4.69) is 9.69 Å². The van der Waals surface area contributed by atoms with Crippen molar-refractivity contribution in [1.82, 2.24) is 14.6 Å². The highest BCUT2D eigenvalue weighted by Gasteiger charge is 2.35. The SMILES string of the molecule is NC(=O)c1nsc(C(=O)N(Cc2ccco2)[C@@H](C(=O)NCc2ccc(F)cc2)c2ccc(F)cc2)c1N. The molecule has 1 atom stereocenters. The highest BCUT2D eigenvalue weighted by atomic mass is 32.1. The molecule has 190 valence electrons. The highest BCUT2D eigenvalue weighted by Crippen LogP contribution is 2.30. The number of nitrogens with two attached hydrogens (primary N) is 2. The van der Waals surface area contributed by atoms with Crippen LogP contribution in [0.3, 0.4) is 0 Å². The van der Waals surface area contributed by atoms with Gasteiger partial charge in [0.1, 0.15) is 28.3 Å². The van der Waals surface area contributed by atoms with Crippen LogP contribution in [0.2, 0.25) is 0 Å². The van der Waals surface area contributed by atoms with E-state index in [0.29, 0.717) is 28.4 Å². The summed E-state index contributed by atoms with van der Waals surface area (Å²) in [7, 11) is 0. The smallest absolute Gasteiger partial charge is 0.270 e. The van der Waals surface area contributed by atoms with Gasteiger partial charge in [0.05, 0.1) is 18.5 Å². The molecule has 2 heterocycles. The summed E-state index contributed by atoms with van der Waals surface area (Å²) in [6.45, 7) is -0.130. The molecule has 0 radical (unpaired) electrons. The summed E-state index contributed by atoms with van der Waals surface area (Å²) in [5.41, 5.74) is 11.7. The van der Waals surface area contributed by atoms with Gasteiger partial charge in [0, 0.05) is 6.54 Å². The van der Waals surface area contributed by atoms with Crippen LogP contribution in [0.5, 0.6) is 0 Å². The highest BCUT2D eigenvalue weighted by molar-refractivity contribution is 7.09. The third-order valence-corrected chi connectivity index (χ3v) is 6.30. The van der Waals surface area contributed by atoms with Gasteiger partial charge in [-0.2, -0.15) is 4.37 Å². The van der Waals surface area contributed by atoms with Gasteiger partial charge < -0.3 is 26.1 Å². The van der Waals surface area contributed by atoms with Crippen molar-refractivity contribution >= 4 is 34.9 Å². The molecule has 5 N–H and O–H groups in total. The summed E-state index contributed by atoms with van der Waals surface area (Å²) in [5, 5.41) is 2.74. The number of hydrogen-bond acceptors (Lipinski definition) is 7. The molecule has 3 amide bonds. The zero-order valence-corrected chi connectivity index (χ0v) is 20.0. The van der Waals surface area contributed by atoms with Crippen LogP contribution in [-0.2, 0) is 17.9 Å². The molecular weight excluding hydrogens is 504 g/mol. The van der Waals surface area contributed by atoms with E-state index in [-0.39, 0.29) is 29.3 Å². The largest absolute Gasteiger partial charge is 0.467 e. The number of amides is 3. The molecule has 0 aliphatic heterocycles. The Kier molecular flexibility index (Phi) is 7.58. The number of furan rings is 1. The van der Waals surface area contributed by atoms with Gasteiger partial charge in [-0.05, 0) is 59.1 Å². The van der Waals surface area contributed by atoms with Crippen molar-refractivity contribution in [3.8, 4) is 0 Å². The van der Waals surface area contributed by atoms with Crippen molar-refractivity contribution < 1.29 is 27.6 Å². The van der Waals surface area contributed by atoms with Crippen molar-refractivity contribution in [1.29, 1.82) is 0 Å². The lowest BCUT2D eigenvalue weighted by atomic mass is 10.0. The van der Waals surface area contributed by atoms with Gasteiger partial charge in [-0.25, -0.2) is 8.78 Å². The number of carbonyl (C=O) groups excluding carboxylic acids is 3. The maximum Gasteiger partial charge on any atom is 0.270 e. The van der Waals surface area contributed by atoms with E-state index >= 15 is 0 Å². The number of benzene rings is 2. The zero-order valence-electron chi connectivity index (χ0n) is 19.2. The van der Waals surface area contributed by atoms with Crippen LogP contribution in [-0.4, -0.2) is 27.0 Å². The van der Waals surface area contributed by atoms with Gasteiger partial charge in [0.2, 0.25) is 5.91 Å². The minimum Gasteiger partial charge on any atom is -0.467 e. The molecule has 0 aliphatic rings. The van der Waals surface area contributed by atoms with E-state index in [1.54, 1.807) is 12.1 Å². The van der Waals surface area contributed by atoms with Crippen LogP contribution in [0.25, 0.3) is 0 Å². The van der Waals surface area contributed by atoms with E-state index < -0.39 is 35.4 Å². The summed E-state index contributed by atoms with van der Waals surface area (Å²) in [6.07, 6.45) is 1.41. The number of nitrogens with zero attached hydrogens (tertiary/aromatic N) is 2. The van der Waals surface area contributed by atoms with E-state index in [1.807, 2.05) is 0 Å². The minimum atomic E-state index is -1.27. The maximum atomic E-state index is 13.8. The Balaban J connectivity index is 1.74. The lowest BCUT2D eigenvalue weighted by Crippen LogP contribution is -2.43. The molecular formula is C25H21F2N5O4S. The Bertz CT molecular complexity index is 1410. The fraction of sp³-hybridized carbons (Fsp3) is 0.120. The van der Waals surface area contributed by atoms with Gasteiger partial charge >= 0.3 is 0 Å². The maximum absolute atomic E-state index is 13.8. The average molecular weight is 526 g/mol. The van der Waals surface area contributed by atoms with Crippen LogP contribution < -0.4 is 16.8 Å². The second-order valence-corrected chi connectivity index (χ2v) is 8.72. The second-order valence-electron chi connectivity index (χ2n) is 7.95. The molecule has 0 spiro atoms. The van der Waals surface area contributed by atoms with Crippen LogP contribution in [0.15, 0.2) is 71.3 Å². The number of primary amides is 1. The normalized spacial score (nSPS) is 11.6. The molecule has 2 aromatic heterocycles. The summed E-state index contributed by atoms with van der Waals surface area (Å²) in [4.78, 5) is 40.0. The first-order valence-corrected chi connectivity index (χ1v) is 11.7. The Morgan fingerprint density at radius 2 is 1.68 bits per heavy atom. The molecule has 0 fully saturated rings. The number of halogens is 2. The fourth-order valence-electron chi connectivity index (χ4n) is 3.62. The Hall–Kier alpha value is -4.58. The van der Waals surface area contributed by atoms with Crippen LogP contribution >= 0.6 is 11.5 Å². The quantitative estimate of drug-likeness (QED) is 0.306. The number of nitrogen functional groups attached to an aromatic ring is 1. The molecule has 2 aromatic carbocycles. The van der Waals surface area contributed by atoms with Crippen molar-refractivity contribution in [2.24, 2.45) is 5.73 Å². The summed E-state index contributed by atoms with van der Waals surface area (Å²) in [6, 6.07) is 12.6. The molecule has 0 saturated heterocycles. The molecule has 4 rings (SSSR count). The lowest BCUT2D eigenvalue weighted by Gasteiger charge is -2.30. The summed E-state index contributed by atoms with van der Waals surface area (Å²) < 4.78 is 36.3. The van der Waals surface area contributed by atoms with Gasteiger partial charge in [0.15, 0.2) is 5.69 Å². The third-order valence-electron chi connectivity index (χ3n) is 5.45. The zero-order chi connectivity index (χ0) is 26.5. The first-order chi connectivity index (χ1) is 17.7. The molecule has 0 aliphatic carbocycles. The van der Waals surface area contributed by atoms with Crippen molar-refractivity contribution in [2.75, 3.05) is 5.73 Å². The van der Waals surface area contributed by atoms with Gasteiger partial charge in [-0.1, -0.05) is 24.3 Å². The number of aromatic nitrogens is 1. The molecule has 9 nitrogen and oxygen atoms in total. The number of rotatable bonds is 9. The van der Waals surface area contributed by atoms with Crippen molar-refractivity contribution in [2.45, 2.75) is 19.1 Å². The third kappa shape index (κ3) is 5.81. The molecule has 12 heteroatoms. The van der Waals surface area contributed by atoms with Crippen LogP contribution in [0, 0.1) is 11.6 Å². The van der Waals surface area contributed by atoms with Crippen molar-refractivity contribution in [3.63, 3.8) is 0 Å². The first kappa shape index (κ1) is 25.5. The number of hydrogen-bond donors (Lipinski definition) is 3. The van der Waals surface area contributed by atoms with E-state index in [1.165, 1.54) is 47.6 Å². The Morgan fingerprint density at radius 1 is 1.03 bits per heavy atom. The first-order valence-electron chi connectivity index (χ1n) is 10.9. The molecule has 0 saturated carbocycles. The standard InChI is InChI=1S/C25H21F2N5O4S/c26-16-7-3-14(4-8-16)12-30-24(34)21(15-5-9-17(27)10-6-15)32(13-18-2-1-11-36-18)25(35)22-19(28)20(23(29)33)31-37-22/h1-11,21H,12-13,28H2,(H2,29,33)(H,30,34)/t21-/m1/s1. The average Bonchev–Trinajstić information content (AvgIpc) is 3.53. The topological polar surface area (TPSA) is 145 Å². The monoisotopic (exact) mass is 525 g/mol. The van der Waals surface area contributed by atoms with E-state index in [0.717, 1.165) is 12.1 Å². The van der Waals surface area contributed by atoms with Gasteiger partial charge in [0.25, 0.3) is 11.8 Å². The Morgan fingerprint density at radius 3 is 2.24 bits per heavy atom. The molecule has 0 unspecified atom stereocenters.